The van der Waals surface area contributed by atoms with E-state index in [2.05, 4.69) is 10.1 Å². The molecule has 2 aromatic carbocycles. The van der Waals surface area contributed by atoms with E-state index in [0.29, 0.717) is 25.2 Å². The Morgan fingerprint density at radius 2 is 1.79 bits per heavy atom. The quantitative estimate of drug-likeness (QED) is 0.499. The van der Waals surface area contributed by atoms with E-state index in [1.54, 1.807) is 17.0 Å². The van der Waals surface area contributed by atoms with E-state index in [0.717, 1.165) is 48.6 Å². The van der Waals surface area contributed by atoms with Gasteiger partial charge in [0, 0.05) is 37.3 Å². The lowest BCUT2D eigenvalue weighted by atomic mass is 10.0. The van der Waals surface area contributed by atoms with E-state index in [1.165, 1.54) is 18.6 Å². The van der Waals surface area contributed by atoms with Gasteiger partial charge >= 0.3 is 0 Å². The van der Waals surface area contributed by atoms with Crippen LogP contribution in [0.25, 0.3) is 11.3 Å². The van der Waals surface area contributed by atoms with Gasteiger partial charge in [-0.25, -0.2) is 4.39 Å². The number of anilines is 1. The Labute approximate surface area is 194 Å². The van der Waals surface area contributed by atoms with E-state index >= 15 is 0 Å². The van der Waals surface area contributed by atoms with Crippen molar-refractivity contribution >= 4 is 11.8 Å². The number of hydrogen-bond acceptors (Lipinski definition) is 5. The summed E-state index contributed by atoms with van der Waals surface area (Å²) in [6.45, 7) is 3.34. The fraction of sp³-hybridized carbons (Fsp3) is 0.385. The zero-order valence-corrected chi connectivity index (χ0v) is 19.3. The van der Waals surface area contributed by atoms with Crippen LogP contribution in [0.15, 0.2) is 59.1 Å². The molecule has 0 spiro atoms. The van der Waals surface area contributed by atoms with Gasteiger partial charge in [0.1, 0.15) is 11.5 Å². The number of carbonyl (C=O) groups is 1. The van der Waals surface area contributed by atoms with Crippen LogP contribution in [0.1, 0.15) is 35.2 Å². The summed E-state index contributed by atoms with van der Waals surface area (Å²) in [6, 6.07) is 15.8. The highest BCUT2D eigenvalue weighted by Gasteiger charge is 2.27. The molecule has 1 aliphatic heterocycles. The fourth-order valence-electron chi connectivity index (χ4n) is 4.18. The van der Waals surface area contributed by atoms with Crippen molar-refractivity contribution in [1.82, 2.24) is 15.0 Å². The van der Waals surface area contributed by atoms with Crippen LogP contribution in [-0.2, 0) is 6.54 Å². The third-order valence-electron chi connectivity index (χ3n) is 5.98. The minimum atomic E-state index is -0.419. The molecule has 1 amide bonds. The fourth-order valence-corrected chi connectivity index (χ4v) is 4.18. The van der Waals surface area contributed by atoms with Crippen LogP contribution in [0.3, 0.4) is 0 Å². The number of hydrogen-bond donors (Lipinski definition) is 0. The van der Waals surface area contributed by atoms with Gasteiger partial charge in [0.15, 0.2) is 0 Å². The van der Waals surface area contributed by atoms with Crippen molar-refractivity contribution in [2.75, 3.05) is 45.2 Å². The smallest absolute Gasteiger partial charge is 0.254 e. The zero-order valence-electron chi connectivity index (χ0n) is 19.3. The second kappa shape index (κ2) is 10.6. The number of halogens is 1. The molecule has 1 fully saturated rings. The lowest BCUT2D eigenvalue weighted by Crippen LogP contribution is -2.37. The molecular formula is C26H31FN4O2. The number of nitrogens with zero attached hydrogens (tertiary/aromatic N) is 4. The molecule has 174 valence electrons. The molecule has 33 heavy (non-hydrogen) atoms. The number of likely N-dealkylation sites (N-methyl/N-ethyl adjacent to an activating group) is 1. The Hall–Kier alpha value is -3.19. The first-order chi connectivity index (χ1) is 16.0. The summed E-state index contributed by atoms with van der Waals surface area (Å²) >= 11 is 0. The van der Waals surface area contributed by atoms with Gasteiger partial charge in [0.2, 0.25) is 5.88 Å². The lowest BCUT2D eigenvalue weighted by Gasteiger charge is -2.29. The Balaban J connectivity index is 1.71. The highest BCUT2D eigenvalue weighted by molar-refractivity contribution is 5.94. The van der Waals surface area contributed by atoms with Crippen LogP contribution in [0.5, 0.6) is 0 Å². The zero-order chi connectivity index (χ0) is 23.2. The molecule has 7 heteroatoms. The number of benzene rings is 2. The number of carbonyl (C=O) groups excluding carboxylic acids is 1. The highest BCUT2D eigenvalue weighted by atomic mass is 19.1. The van der Waals surface area contributed by atoms with Gasteiger partial charge in [-0.1, -0.05) is 41.6 Å². The third kappa shape index (κ3) is 5.60. The Bertz CT molecular complexity index is 1060. The maximum atomic E-state index is 13.9. The minimum Gasteiger partial charge on any atom is -0.340 e. The molecule has 1 saturated heterocycles. The van der Waals surface area contributed by atoms with Crippen molar-refractivity contribution in [3.63, 3.8) is 0 Å². The number of rotatable bonds is 8. The molecule has 0 radical (unpaired) electrons. The summed E-state index contributed by atoms with van der Waals surface area (Å²) in [5, 5.41) is 4.43. The van der Waals surface area contributed by atoms with Gasteiger partial charge in [0.05, 0.1) is 12.1 Å². The number of aromatic nitrogens is 1. The number of amides is 1. The van der Waals surface area contributed by atoms with Crippen LogP contribution < -0.4 is 4.90 Å². The second-order valence-electron chi connectivity index (χ2n) is 8.77. The first-order valence-electron chi connectivity index (χ1n) is 11.5. The van der Waals surface area contributed by atoms with E-state index in [-0.39, 0.29) is 5.91 Å². The van der Waals surface area contributed by atoms with Gasteiger partial charge in [-0.2, -0.15) is 0 Å². The first kappa shape index (κ1) is 23.0. The molecule has 0 N–H and O–H groups in total. The average molecular weight is 451 g/mol. The van der Waals surface area contributed by atoms with Gasteiger partial charge in [0.25, 0.3) is 5.91 Å². The predicted molar refractivity (Wildman–Crippen MR) is 128 cm³/mol. The maximum absolute atomic E-state index is 13.9. The molecule has 6 nitrogen and oxygen atoms in total. The maximum Gasteiger partial charge on any atom is 0.254 e. The molecule has 1 aromatic heterocycles. The highest BCUT2D eigenvalue weighted by Crippen LogP contribution is 2.34. The first-order valence-corrected chi connectivity index (χ1v) is 11.5. The Kier molecular flexibility index (Phi) is 7.40. The summed E-state index contributed by atoms with van der Waals surface area (Å²) in [5.74, 6) is 0.106. The van der Waals surface area contributed by atoms with E-state index < -0.39 is 5.82 Å². The van der Waals surface area contributed by atoms with Gasteiger partial charge in [-0.3, -0.25) is 4.79 Å². The summed E-state index contributed by atoms with van der Waals surface area (Å²) in [6.07, 6.45) is 3.42. The second-order valence-corrected chi connectivity index (χ2v) is 8.77. The Morgan fingerprint density at radius 3 is 2.48 bits per heavy atom. The molecule has 1 aliphatic rings. The molecule has 4 rings (SSSR count). The summed E-state index contributed by atoms with van der Waals surface area (Å²) < 4.78 is 19.8. The summed E-state index contributed by atoms with van der Waals surface area (Å²) in [5.41, 5.74) is 2.93. The van der Waals surface area contributed by atoms with Gasteiger partial charge in [-0.15, -0.1) is 0 Å². The van der Waals surface area contributed by atoms with Crippen LogP contribution in [0.2, 0.25) is 0 Å². The molecule has 0 atom stereocenters. The van der Waals surface area contributed by atoms with Crippen molar-refractivity contribution < 1.29 is 13.7 Å². The minimum absolute atomic E-state index is 0.207. The van der Waals surface area contributed by atoms with Crippen LogP contribution in [-0.4, -0.2) is 61.1 Å². The van der Waals surface area contributed by atoms with E-state index in [1.807, 2.05) is 49.3 Å². The van der Waals surface area contributed by atoms with Gasteiger partial charge in [-0.05, 0) is 51.6 Å². The van der Waals surface area contributed by atoms with Gasteiger partial charge < -0.3 is 19.2 Å². The van der Waals surface area contributed by atoms with Crippen LogP contribution in [0.4, 0.5) is 10.3 Å². The normalized spacial score (nSPS) is 14.0. The van der Waals surface area contributed by atoms with Crippen molar-refractivity contribution in [2.24, 2.45) is 0 Å². The van der Waals surface area contributed by atoms with E-state index in [9.17, 15) is 9.18 Å². The largest absolute Gasteiger partial charge is 0.340 e. The van der Waals surface area contributed by atoms with Crippen LogP contribution >= 0.6 is 0 Å². The molecular weight excluding hydrogens is 419 g/mol. The van der Waals surface area contributed by atoms with Crippen molar-refractivity contribution in [1.29, 1.82) is 0 Å². The monoisotopic (exact) mass is 450 g/mol. The van der Waals surface area contributed by atoms with Crippen molar-refractivity contribution in [2.45, 2.75) is 25.8 Å². The molecule has 3 aromatic rings. The van der Waals surface area contributed by atoms with Crippen molar-refractivity contribution in [3.05, 3.63) is 71.5 Å². The SMILES string of the molecule is CN(C)CCN(Cc1c(-c2ccccc2)noc1N1CCCCC1)C(=O)c1cccc(F)c1. The van der Waals surface area contributed by atoms with Crippen LogP contribution in [0, 0.1) is 5.82 Å². The molecule has 0 bridgehead atoms. The standard InChI is InChI=1S/C26H31FN4O2/c1-29(2)16-17-31(25(32)21-12-9-13-22(27)18-21)19-23-24(20-10-5-3-6-11-20)28-33-26(23)30-14-7-4-8-15-30/h3,5-6,9-13,18H,4,7-8,14-17,19H2,1-2H3. The molecule has 2 heterocycles. The summed E-state index contributed by atoms with van der Waals surface area (Å²) in [4.78, 5) is 19.5. The predicted octanol–water partition coefficient (Wildman–Crippen LogP) is 4.68. The third-order valence-corrected chi connectivity index (χ3v) is 5.98. The summed E-state index contributed by atoms with van der Waals surface area (Å²) in [7, 11) is 3.94. The molecule has 0 aliphatic carbocycles. The average Bonchev–Trinajstić information content (AvgIpc) is 3.26. The Morgan fingerprint density at radius 1 is 1.03 bits per heavy atom. The van der Waals surface area contributed by atoms with Crippen molar-refractivity contribution in [3.8, 4) is 11.3 Å². The molecule has 0 saturated carbocycles. The molecule has 0 unspecified atom stereocenters. The number of piperidine rings is 1. The lowest BCUT2D eigenvalue weighted by molar-refractivity contribution is 0.0731. The van der Waals surface area contributed by atoms with E-state index in [4.69, 9.17) is 4.52 Å². The topological polar surface area (TPSA) is 52.8 Å².